The Morgan fingerprint density at radius 3 is 2.45 bits per heavy atom. The first kappa shape index (κ1) is 17.8. The number of fused-ring (bicyclic) bond motifs is 1. The topological polar surface area (TPSA) is 59.1 Å². The number of piperidine rings is 1. The maximum atomic E-state index is 12.0. The van der Waals surface area contributed by atoms with Gasteiger partial charge < -0.3 is 19.3 Å². The average molecular weight is 374 g/mol. The number of carbonyl (C=O) groups is 2. The molecule has 126 valence electrons. The minimum atomic E-state index is -1.63. The van der Waals surface area contributed by atoms with Crippen LogP contribution in [0.2, 0.25) is 0 Å². The number of carbonyl (C=O) groups excluding carboxylic acids is 2. The van der Waals surface area contributed by atoms with Crippen LogP contribution < -0.4 is 0 Å². The number of ether oxygens (including phenoxy) is 2. The molecule has 2 fully saturated rings. The van der Waals surface area contributed by atoms with Crippen LogP contribution in [0.4, 0.5) is 9.59 Å². The lowest BCUT2D eigenvalue weighted by Crippen LogP contribution is -2.52. The lowest BCUT2D eigenvalue weighted by atomic mass is 9.92. The Morgan fingerprint density at radius 2 is 1.82 bits per heavy atom. The zero-order chi connectivity index (χ0) is 16.3. The SMILES string of the molecule is CCOC(=O)N1CCC2CCN(C(=O)OCC(Cl)(Cl)Cl)C[C@H]21. The smallest absolute Gasteiger partial charge is 0.410 e. The summed E-state index contributed by atoms with van der Waals surface area (Å²) in [5.74, 6) is 0.390. The quantitative estimate of drug-likeness (QED) is 0.698. The Morgan fingerprint density at radius 1 is 1.14 bits per heavy atom. The van der Waals surface area contributed by atoms with E-state index in [0.717, 1.165) is 12.8 Å². The molecule has 0 saturated carbocycles. The molecule has 1 unspecified atom stereocenters. The summed E-state index contributed by atoms with van der Waals surface area (Å²) in [5.41, 5.74) is 0. The number of alkyl halides is 3. The van der Waals surface area contributed by atoms with E-state index < -0.39 is 9.89 Å². The fraction of sp³-hybridized carbons (Fsp3) is 0.846. The molecular formula is C13H19Cl3N2O4. The number of nitrogens with zero attached hydrogens (tertiary/aromatic N) is 2. The molecule has 2 saturated heterocycles. The maximum absolute atomic E-state index is 12.0. The van der Waals surface area contributed by atoms with Crippen molar-refractivity contribution in [3.05, 3.63) is 0 Å². The van der Waals surface area contributed by atoms with E-state index >= 15 is 0 Å². The molecule has 0 spiro atoms. The van der Waals surface area contributed by atoms with Crippen molar-refractivity contribution in [2.24, 2.45) is 5.92 Å². The predicted octanol–water partition coefficient (Wildman–Crippen LogP) is 3.05. The van der Waals surface area contributed by atoms with Gasteiger partial charge in [-0.05, 0) is 25.7 Å². The van der Waals surface area contributed by atoms with Crippen molar-refractivity contribution in [3.8, 4) is 0 Å². The molecule has 2 amide bonds. The molecule has 2 atom stereocenters. The number of hydrogen-bond donors (Lipinski definition) is 0. The first-order valence-electron chi connectivity index (χ1n) is 7.23. The van der Waals surface area contributed by atoms with Crippen molar-refractivity contribution in [1.82, 2.24) is 9.80 Å². The Balaban J connectivity index is 1.92. The Hall–Kier alpha value is -0.590. The maximum Gasteiger partial charge on any atom is 0.410 e. The van der Waals surface area contributed by atoms with Crippen LogP contribution in [-0.4, -0.2) is 64.7 Å². The summed E-state index contributed by atoms with van der Waals surface area (Å²) in [4.78, 5) is 27.2. The van der Waals surface area contributed by atoms with Gasteiger partial charge >= 0.3 is 12.2 Å². The third-order valence-electron chi connectivity index (χ3n) is 3.98. The van der Waals surface area contributed by atoms with Crippen LogP contribution >= 0.6 is 34.8 Å². The summed E-state index contributed by atoms with van der Waals surface area (Å²) >= 11 is 16.7. The molecule has 2 aliphatic rings. The molecule has 0 aromatic carbocycles. The van der Waals surface area contributed by atoms with Crippen LogP contribution in [-0.2, 0) is 9.47 Å². The number of rotatable bonds is 2. The largest absolute Gasteiger partial charge is 0.450 e. The molecule has 6 nitrogen and oxygen atoms in total. The second-order valence-electron chi connectivity index (χ2n) is 5.41. The lowest BCUT2D eigenvalue weighted by molar-refractivity contribution is 0.0562. The average Bonchev–Trinajstić information content (AvgIpc) is 2.87. The zero-order valence-corrected chi connectivity index (χ0v) is 14.5. The van der Waals surface area contributed by atoms with Gasteiger partial charge in [0.15, 0.2) is 0 Å². The molecule has 9 heteroatoms. The molecule has 2 heterocycles. The summed E-state index contributed by atoms with van der Waals surface area (Å²) < 4.78 is 8.43. The minimum Gasteiger partial charge on any atom is -0.450 e. The summed E-state index contributed by atoms with van der Waals surface area (Å²) in [5, 5.41) is 0. The van der Waals surface area contributed by atoms with E-state index in [1.54, 1.807) is 16.7 Å². The van der Waals surface area contributed by atoms with Gasteiger partial charge in [0, 0.05) is 19.6 Å². The Kier molecular flexibility index (Phi) is 5.91. The van der Waals surface area contributed by atoms with Gasteiger partial charge in [-0.1, -0.05) is 34.8 Å². The van der Waals surface area contributed by atoms with E-state index in [-0.39, 0.29) is 18.7 Å². The number of hydrogen-bond acceptors (Lipinski definition) is 4. The van der Waals surface area contributed by atoms with Crippen LogP contribution in [0.25, 0.3) is 0 Å². The normalized spacial score (nSPS) is 24.9. The van der Waals surface area contributed by atoms with Gasteiger partial charge in [-0.2, -0.15) is 0 Å². The molecule has 0 bridgehead atoms. The van der Waals surface area contributed by atoms with Gasteiger partial charge in [-0.15, -0.1) is 0 Å². The first-order chi connectivity index (χ1) is 10.3. The Labute approximate surface area is 144 Å². The minimum absolute atomic E-state index is 0.0342. The summed E-state index contributed by atoms with van der Waals surface area (Å²) in [6.45, 7) is 3.46. The van der Waals surface area contributed by atoms with E-state index in [1.165, 1.54) is 0 Å². The fourth-order valence-electron chi connectivity index (χ4n) is 2.97. The molecule has 0 aromatic heterocycles. The van der Waals surface area contributed by atoms with Crippen molar-refractivity contribution in [3.63, 3.8) is 0 Å². The van der Waals surface area contributed by atoms with E-state index in [0.29, 0.717) is 32.2 Å². The second kappa shape index (κ2) is 7.32. The summed E-state index contributed by atoms with van der Waals surface area (Å²) in [6, 6.07) is -0.0342. The van der Waals surface area contributed by atoms with Gasteiger partial charge in [0.25, 0.3) is 0 Å². The van der Waals surface area contributed by atoms with Crippen molar-refractivity contribution in [2.45, 2.75) is 29.6 Å². The van der Waals surface area contributed by atoms with Crippen molar-refractivity contribution < 1.29 is 19.1 Å². The molecule has 2 aliphatic heterocycles. The van der Waals surface area contributed by atoms with Crippen LogP contribution in [0.1, 0.15) is 19.8 Å². The number of likely N-dealkylation sites (tertiary alicyclic amines) is 2. The molecular weight excluding hydrogens is 355 g/mol. The van der Waals surface area contributed by atoms with Crippen LogP contribution in [0.5, 0.6) is 0 Å². The monoisotopic (exact) mass is 372 g/mol. The highest BCUT2D eigenvalue weighted by molar-refractivity contribution is 6.67. The van der Waals surface area contributed by atoms with Crippen LogP contribution in [0.3, 0.4) is 0 Å². The highest BCUT2D eigenvalue weighted by Crippen LogP contribution is 2.32. The number of halogens is 3. The molecule has 0 aromatic rings. The lowest BCUT2D eigenvalue weighted by Gasteiger charge is -2.37. The van der Waals surface area contributed by atoms with E-state index in [9.17, 15) is 9.59 Å². The van der Waals surface area contributed by atoms with Gasteiger partial charge in [0.2, 0.25) is 3.79 Å². The van der Waals surface area contributed by atoms with E-state index in [4.69, 9.17) is 44.3 Å². The van der Waals surface area contributed by atoms with Gasteiger partial charge in [0.1, 0.15) is 6.61 Å². The second-order valence-corrected chi connectivity index (χ2v) is 7.93. The summed E-state index contributed by atoms with van der Waals surface area (Å²) in [7, 11) is 0. The molecule has 22 heavy (non-hydrogen) atoms. The van der Waals surface area contributed by atoms with Crippen molar-refractivity contribution in [1.29, 1.82) is 0 Å². The predicted molar refractivity (Wildman–Crippen MR) is 83.5 cm³/mol. The standard InChI is InChI=1S/C13H19Cl3N2O4/c1-2-21-12(20)18-6-4-9-3-5-17(7-10(9)18)11(19)22-8-13(14,15)16/h9-10H,2-8H2,1H3/t9?,10-/m1/s1. The highest BCUT2D eigenvalue weighted by Gasteiger charge is 2.42. The van der Waals surface area contributed by atoms with Gasteiger partial charge in [0.05, 0.1) is 12.6 Å². The first-order valence-corrected chi connectivity index (χ1v) is 8.37. The van der Waals surface area contributed by atoms with Crippen LogP contribution in [0.15, 0.2) is 0 Å². The van der Waals surface area contributed by atoms with Crippen LogP contribution in [0, 0.1) is 5.92 Å². The van der Waals surface area contributed by atoms with Crippen molar-refractivity contribution >= 4 is 47.0 Å². The fourth-order valence-corrected chi connectivity index (χ4v) is 3.14. The molecule has 0 radical (unpaired) electrons. The van der Waals surface area contributed by atoms with Gasteiger partial charge in [-0.3, -0.25) is 0 Å². The Bertz CT molecular complexity index is 430. The van der Waals surface area contributed by atoms with E-state index in [1.807, 2.05) is 0 Å². The number of amides is 2. The third-order valence-corrected chi connectivity index (χ3v) is 4.31. The molecule has 0 aliphatic carbocycles. The zero-order valence-electron chi connectivity index (χ0n) is 12.3. The third kappa shape index (κ3) is 4.46. The van der Waals surface area contributed by atoms with Crippen molar-refractivity contribution in [2.75, 3.05) is 32.8 Å². The van der Waals surface area contributed by atoms with Gasteiger partial charge in [-0.25, -0.2) is 9.59 Å². The summed E-state index contributed by atoms with van der Waals surface area (Å²) in [6.07, 6.45) is 0.899. The molecule has 2 rings (SSSR count). The highest BCUT2D eigenvalue weighted by atomic mass is 35.6. The van der Waals surface area contributed by atoms with E-state index in [2.05, 4.69) is 0 Å². The molecule has 0 N–H and O–H groups in total.